The van der Waals surface area contributed by atoms with E-state index < -0.39 is 21.8 Å². The molecule has 3 rings (SSSR count). The van der Waals surface area contributed by atoms with Crippen LogP contribution >= 0.6 is 0 Å². The predicted octanol–water partition coefficient (Wildman–Crippen LogP) is 3.26. The molecule has 1 aromatic carbocycles. The third-order valence-corrected chi connectivity index (χ3v) is 8.90. The molecule has 1 aromatic heterocycles. The zero-order valence-corrected chi connectivity index (χ0v) is 25.1. The number of piperidine rings is 1. The van der Waals surface area contributed by atoms with Crippen LogP contribution in [-0.2, 0) is 33.0 Å². The van der Waals surface area contributed by atoms with Crippen LogP contribution in [0.4, 0.5) is 5.69 Å². The van der Waals surface area contributed by atoms with Crippen LogP contribution in [0.2, 0.25) is 0 Å². The number of nitrogens with two attached hydrogens (primary N) is 1. The van der Waals surface area contributed by atoms with E-state index in [2.05, 4.69) is 10.4 Å². The Bertz CT molecular complexity index is 1350. The van der Waals surface area contributed by atoms with Crippen LogP contribution in [0.15, 0.2) is 23.1 Å². The summed E-state index contributed by atoms with van der Waals surface area (Å²) in [6.07, 6.45) is 4.12. The van der Waals surface area contributed by atoms with Gasteiger partial charge in [0.2, 0.25) is 10.0 Å². The number of ether oxygens (including phenoxy) is 2. The van der Waals surface area contributed by atoms with Crippen molar-refractivity contribution in [2.75, 3.05) is 31.6 Å². The summed E-state index contributed by atoms with van der Waals surface area (Å²) in [4.78, 5) is 37.4. The van der Waals surface area contributed by atoms with Gasteiger partial charge >= 0.3 is 5.97 Å². The SMILES string of the molecule is CCCOc1ccc(S(=O)(=O)N2CCC(CCC(=O)OCC)CC2)cc1C(=O)Nc1c(CCC)nn(C)c1C(N)=O. The molecule has 12 nitrogen and oxygen atoms in total. The number of anilines is 1. The van der Waals surface area contributed by atoms with E-state index in [-0.39, 0.29) is 39.5 Å². The Kier molecular flexibility index (Phi) is 11.3. The summed E-state index contributed by atoms with van der Waals surface area (Å²) in [7, 11) is -2.34. The first-order valence-corrected chi connectivity index (χ1v) is 15.6. The Morgan fingerprint density at radius 2 is 1.83 bits per heavy atom. The van der Waals surface area contributed by atoms with E-state index in [1.807, 2.05) is 13.8 Å². The van der Waals surface area contributed by atoms with Gasteiger partial charge in [-0.15, -0.1) is 0 Å². The van der Waals surface area contributed by atoms with Crippen molar-refractivity contribution in [2.45, 2.75) is 70.6 Å². The molecule has 226 valence electrons. The Hall–Kier alpha value is -3.45. The molecule has 0 spiro atoms. The lowest BCUT2D eigenvalue weighted by molar-refractivity contribution is -0.143. The maximum Gasteiger partial charge on any atom is 0.305 e. The number of carbonyl (C=O) groups excluding carboxylic acids is 3. The summed E-state index contributed by atoms with van der Waals surface area (Å²) in [5.41, 5.74) is 6.34. The largest absolute Gasteiger partial charge is 0.493 e. The number of esters is 1. The molecule has 0 unspecified atom stereocenters. The van der Waals surface area contributed by atoms with Crippen molar-refractivity contribution in [3.63, 3.8) is 0 Å². The van der Waals surface area contributed by atoms with Crippen LogP contribution in [0.3, 0.4) is 0 Å². The van der Waals surface area contributed by atoms with Crippen molar-refractivity contribution in [2.24, 2.45) is 18.7 Å². The van der Waals surface area contributed by atoms with Gasteiger partial charge < -0.3 is 20.5 Å². The molecule has 2 heterocycles. The minimum absolute atomic E-state index is 0.0190. The molecule has 3 N–H and O–H groups in total. The van der Waals surface area contributed by atoms with Crippen LogP contribution in [0.5, 0.6) is 5.75 Å². The lowest BCUT2D eigenvalue weighted by atomic mass is 9.93. The molecular formula is C28H41N5O7S. The molecule has 1 aliphatic rings. The Labute approximate surface area is 241 Å². The molecule has 41 heavy (non-hydrogen) atoms. The van der Waals surface area contributed by atoms with Gasteiger partial charge in [-0.25, -0.2) is 8.42 Å². The molecule has 1 fully saturated rings. The average molecular weight is 592 g/mol. The number of nitrogens with one attached hydrogen (secondary N) is 1. The van der Waals surface area contributed by atoms with Gasteiger partial charge in [0.1, 0.15) is 11.4 Å². The van der Waals surface area contributed by atoms with Gasteiger partial charge in [-0.2, -0.15) is 9.40 Å². The van der Waals surface area contributed by atoms with Crippen molar-refractivity contribution in [3.05, 3.63) is 35.2 Å². The number of amides is 2. The number of benzene rings is 1. The highest BCUT2D eigenvalue weighted by Gasteiger charge is 2.31. The fraction of sp³-hybridized carbons (Fsp3) is 0.571. The van der Waals surface area contributed by atoms with Crippen molar-refractivity contribution in [3.8, 4) is 5.75 Å². The van der Waals surface area contributed by atoms with Crippen molar-refractivity contribution >= 4 is 33.5 Å². The van der Waals surface area contributed by atoms with E-state index in [1.165, 1.54) is 27.2 Å². The minimum atomic E-state index is -3.91. The summed E-state index contributed by atoms with van der Waals surface area (Å²) >= 11 is 0. The smallest absolute Gasteiger partial charge is 0.305 e. The van der Waals surface area contributed by atoms with E-state index in [0.29, 0.717) is 70.5 Å². The van der Waals surface area contributed by atoms with Crippen molar-refractivity contribution in [1.82, 2.24) is 14.1 Å². The van der Waals surface area contributed by atoms with Gasteiger partial charge in [0, 0.05) is 26.6 Å². The minimum Gasteiger partial charge on any atom is -0.493 e. The first kappa shape index (κ1) is 32.1. The predicted molar refractivity (Wildman–Crippen MR) is 153 cm³/mol. The van der Waals surface area contributed by atoms with Crippen molar-refractivity contribution < 1.29 is 32.3 Å². The van der Waals surface area contributed by atoms with Gasteiger partial charge in [0.25, 0.3) is 11.8 Å². The first-order valence-electron chi connectivity index (χ1n) is 14.1. The summed E-state index contributed by atoms with van der Waals surface area (Å²) in [6, 6.07) is 4.22. The zero-order valence-electron chi connectivity index (χ0n) is 24.3. The molecule has 1 saturated heterocycles. The van der Waals surface area contributed by atoms with Crippen LogP contribution in [0, 0.1) is 5.92 Å². The van der Waals surface area contributed by atoms with Gasteiger partial charge in [-0.3, -0.25) is 19.1 Å². The molecule has 0 aliphatic carbocycles. The number of aryl methyl sites for hydroxylation is 2. The van der Waals surface area contributed by atoms with Gasteiger partial charge in [-0.1, -0.05) is 20.3 Å². The maximum atomic E-state index is 13.6. The normalized spacial score (nSPS) is 14.5. The standard InChI is InChI=1S/C28H41N5O7S/c1-5-8-22-25(26(27(29)35)32(4)31-22)30-28(36)21-18-20(10-11-23(21)40-17-6-2)41(37,38)33-15-13-19(14-16-33)9-12-24(34)39-7-3/h10-11,18-19H,5-9,12-17H2,1-4H3,(H2,29,35)(H,30,36). The number of hydrogen-bond acceptors (Lipinski definition) is 8. The van der Waals surface area contributed by atoms with Crippen LogP contribution in [-0.4, -0.2) is 66.6 Å². The Morgan fingerprint density at radius 1 is 1.12 bits per heavy atom. The number of rotatable bonds is 14. The average Bonchev–Trinajstić information content (AvgIpc) is 3.25. The van der Waals surface area contributed by atoms with Gasteiger partial charge in [0.05, 0.1) is 35.1 Å². The molecule has 1 aliphatic heterocycles. The molecule has 0 radical (unpaired) electrons. The second-order valence-electron chi connectivity index (χ2n) is 10.1. The first-order chi connectivity index (χ1) is 19.5. The van der Waals surface area contributed by atoms with Crippen LogP contribution in [0.1, 0.15) is 85.8 Å². The maximum absolute atomic E-state index is 13.6. The fourth-order valence-corrected chi connectivity index (χ4v) is 6.41. The third-order valence-electron chi connectivity index (χ3n) is 7.01. The fourth-order valence-electron chi connectivity index (χ4n) is 4.91. The number of sulfonamides is 1. The highest BCUT2D eigenvalue weighted by molar-refractivity contribution is 7.89. The number of carbonyl (C=O) groups is 3. The van der Waals surface area contributed by atoms with E-state index in [4.69, 9.17) is 15.2 Å². The van der Waals surface area contributed by atoms with Crippen LogP contribution < -0.4 is 15.8 Å². The molecule has 0 bridgehead atoms. The number of nitrogens with zero attached hydrogens (tertiary/aromatic N) is 3. The van der Waals surface area contributed by atoms with E-state index in [9.17, 15) is 22.8 Å². The van der Waals surface area contributed by atoms with Gasteiger partial charge in [0.15, 0.2) is 0 Å². The molecule has 0 atom stereocenters. The number of primary amides is 1. The molecule has 2 aromatic rings. The second kappa shape index (κ2) is 14.4. The Balaban J connectivity index is 1.85. The summed E-state index contributed by atoms with van der Waals surface area (Å²) in [5.74, 6) is -1.17. The van der Waals surface area contributed by atoms with Gasteiger partial charge in [-0.05, 0) is 63.1 Å². The quantitative estimate of drug-likeness (QED) is 0.316. The third kappa shape index (κ3) is 7.85. The summed E-state index contributed by atoms with van der Waals surface area (Å²) < 4.78 is 40.7. The lowest BCUT2D eigenvalue weighted by Crippen LogP contribution is -2.38. The van der Waals surface area contributed by atoms with Crippen molar-refractivity contribution in [1.29, 1.82) is 0 Å². The zero-order chi connectivity index (χ0) is 30.2. The molecule has 0 saturated carbocycles. The Morgan fingerprint density at radius 3 is 2.44 bits per heavy atom. The highest BCUT2D eigenvalue weighted by Crippen LogP contribution is 2.31. The molecule has 2 amide bonds. The van der Waals surface area contributed by atoms with E-state index in [0.717, 1.165) is 6.42 Å². The second-order valence-corrected chi connectivity index (χ2v) is 12.0. The van der Waals surface area contributed by atoms with E-state index >= 15 is 0 Å². The summed E-state index contributed by atoms with van der Waals surface area (Å²) in [6.45, 7) is 6.91. The number of hydrogen-bond donors (Lipinski definition) is 2. The topological polar surface area (TPSA) is 163 Å². The highest BCUT2D eigenvalue weighted by atomic mass is 32.2. The summed E-state index contributed by atoms with van der Waals surface area (Å²) in [5, 5.41) is 7.08. The lowest BCUT2D eigenvalue weighted by Gasteiger charge is -2.31. The monoisotopic (exact) mass is 591 g/mol. The molecule has 13 heteroatoms. The number of aromatic nitrogens is 2. The molecular weight excluding hydrogens is 550 g/mol. The van der Waals surface area contributed by atoms with Crippen LogP contribution in [0.25, 0.3) is 0 Å². The van der Waals surface area contributed by atoms with E-state index in [1.54, 1.807) is 14.0 Å².